The van der Waals surface area contributed by atoms with Crippen LogP contribution in [0.25, 0.3) is 0 Å². The smallest absolute Gasteiger partial charge is 0.0126 e. The molecule has 0 aromatic rings. The molecule has 6 unspecified atom stereocenters. The summed E-state index contributed by atoms with van der Waals surface area (Å²) in [5.41, 5.74) is 0. The second kappa shape index (κ2) is 5.15. The number of hydrogen-bond donors (Lipinski definition) is 1. The number of nitrogens with one attached hydrogen (secondary N) is 1. The third-order valence-electron chi connectivity index (χ3n) is 6.62. The lowest BCUT2D eigenvalue weighted by molar-refractivity contribution is 0.160. The number of fused-ring (bicyclic) bond motifs is 1. The first kappa shape index (κ1) is 13.0. The van der Waals surface area contributed by atoms with E-state index < -0.39 is 0 Å². The second-order valence-electron chi connectivity index (χ2n) is 7.53. The molecule has 0 radical (unpaired) electrons. The summed E-state index contributed by atoms with van der Waals surface area (Å²) in [5.74, 6) is 6.12. The van der Waals surface area contributed by atoms with E-state index in [-0.39, 0.29) is 0 Å². The van der Waals surface area contributed by atoms with E-state index in [0.29, 0.717) is 0 Å². The molecule has 0 aliphatic heterocycles. The molecular weight excluding hydrogens is 218 g/mol. The fraction of sp³-hybridized carbons (Fsp3) is 1.00. The Balaban J connectivity index is 1.62. The molecular formula is C17H31N. The first-order valence-electron chi connectivity index (χ1n) is 8.39. The molecule has 3 aliphatic rings. The van der Waals surface area contributed by atoms with E-state index in [1.54, 1.807) is 0 Å². The maximum Gasteiger partial charge on any atom is 0.0126 e. The van der Waals surface area contributed by atoms with Gasteiger partial charge in [-0.2, -0.15) is 0 Å². The quantitative estimate of drug-likeness (QED) is 0.794. The van der Waals surface area contributed by atoms with Gasteiger partial charge >= 0.3 is 0 Å². The third-order valence-corrected chi connectivity index (χ3v) is 6.62. The topological polar surface area (TPSA) is 12.0 Å². The summed E-state index contributed by atoms with van der Waals surface area (Å²) in [6.07, 6.45) is 10.5. The molecule has 0 bridgehead atoms. The molecule has 104 valence electrons. The average Bonchev–Trinajstić information content (AvgIpc) is 3.09. The van der Waals surface area contributed by atoms with Gasteiger partial charge in [-0.05, 0) is 68.2 Å². The van der Waals surface area contributed by atoms with Crippen molar-refractivity contribution in [2.75, 3.05) is 7.05 Å². The predicted octanol–water partition coefficient (Wildman–Crippen LogP) is 4.08. The standard InChI is InChI=1S/C17H31N/c1-11-8-9-13(10-12(11)2)17(18-3)16-14-6-4-5-7-15(14)16/h11-18H,4-10H2,1-3H3. The Bertz CT molecular complexity index is 275. The zero-order valence-corrected chi connectivity index (χ0v) is 12.5. The van der Waals surface area contributed by atoms with Crippen LogP contribution in [0.4, 0.5) is 0 Å². The molecule has 1 N–H and O–H groups in total. The van der Waals surface area contributed by atoms with E-state index in [1.807, 2.05) is 0 Å². The molecule has 0 aromatic heterocycles. The van der Waals surface area contributed by atoms with Crippen LogP contribution in [0.1, 0.15) is 58.8 Å². The summed E-state index contributed by atoms with van der Waals surface area (Å²) >= 11 is 0. The molecule has 1 heteroatoms. The van der Waals surface area contributed by atoms with Gasteiger partial charge in [0.2, 0.25) is 0 Å². The van der Waals surface area contributed by atoms with Crippen molar-refractivity contribution in [2.24, 2.45) is 35.5 Å². The lowest BCUT2D eigenvalue weighted by Gasteiger charge is -2.37. The van der Waals surface area contributed by atoms with Gasteiger partial charge in [0.1, 0.15) is 0 Å². The van der Waals surface area contributed by atoms with Crippen LogP contribution in [-0.2, 0) is 0 Å². The molecule has 18 heavy (non-hydrogen) atoms. The Labute approximate surface area is 113 Å². The molecule has 0 aromatic carbocycles. The van der Waals surface area contributed by atoms with Crippen molar-refractivity contribution in [1.82, 2.24) is 5.32 Å². The van der Waals surface area contributed by atoms with Gasteiger partial charge in [-0.1, -0.05) is 33.1 Å². The molecule has 0 saturated heterocycles. The van der Waals surface area contributed by atoms with Crippen LogP contribution in [0.2, 0.25) is 0 Å². The Hall–Kier alpha value is -0.0400. The van der Waals surface area contributed by atoms with E-state index in [4.69, 9.17) is 0 Å². The zero-order valence-electron chi connectivity index (χ0n) is 12.5. The minimum atomic E-state index is 0.841. The molecule has 1 nitrogen and oxygen atoms in total. The van der Waals surface area contributed by atoms with Crippen LogP contribution in [0, 0.1) is 35.5 Å². The van der Waals surface area contributed by atoms with Gasteiger partial charge in [-0.25, -0.2) is 0 Å². The summed E-state index contributed by atoms with van der Waals surface area (Å²) in [5, 5.41) is 3.73. The molecule has 3 rings (SSSR count). The lowest BCUT2D eigenvalue weighted by Crippen LogP contribution is -2.40. The maximum atomic E-state index is 3.73. The van der Waals surface area contributed by atoms with Crippen LogP contribution in [-0.4, -0.2) is 13.1 Å². The van der Waals surface area contributed by atoms with E-state index in [1.165, 1.54) is 44.9 Å². The lowest BCUT2D eigenvalue weighted by atomic mass is 9.72. The zero-order chi connectivity index (χ0) is 12.7. The highest BCUT2D eigenvalue weighted by Gasteiger charge is 2.55. The highest BCUT2D eigenvalue weighted by atomic mass is 14.9. The summed E-state index contributed by atoms with van der Waals surface area (Å²) in [6, 6.07) is 0.841. The molecule has 3 saturated carbocycles. The number of hydrogen-bond acceptors (Lipinski definition) is 1. The predicted molar refractivity (Wildman–Crippen MR) is 77.5 cm³/mol. The van der Waals surface area contributed by atoms with Gasteiger partial charge in [0.15, 0.2) is 0 Å². The van der Waals surface area contributed by atoms with Crippen molar-refractivity contribution in [3.8, 4) is 0 Å². The minimum absolute atomic E-state index is 0.841. The van der Waals surface area contributed by atoms with Gasteiger partial charge in [-0.3, -0.25) is 0 Å². The first-order chi connectivity index (χ1) is 8.72. The minimum Gasteiger partial charge on any atom is -0.316 e. The molecule has 3 fully saturated rings. The monoisotopic (exact) mass is 249 g/mol. The Morgan fingerprint density at radius 2 is 1.56 bits per heavy atom. The van der Waals surface area contributed by atoms with Crippen LogP contribution < -0.4 is 5.32 Å². The van der Waals surface area contributed by atoms with Crippen molar-refractivity contribution in [3.05, 3.63) is 0 Å². The Kier molecular flexibility index (Phi) is 3.71. The van der Waals surface area contributed by atoms with Crippen molar-refractivity contribution in [1.29, 1.82) is 0 Å². The first-order valence-corrected chi connectivity index (χ1v) is 8.39. The molecule has 0 spiro atoms. The Morgan fingerprint density at radius 1 is 0.889 bits per heavy atom. The van der Waals surface area contributed by atoms with Crippen molar-refractivity contribution in [2.45, 2.75) is 64.8 Å². The number of rotatable bonds is 3. The van der Waals surface area contributed by atoms with Crippen LogP contribution in [0.3, 0.4) is 0 Å². The highest BCUT2D eigenvalue weighted by molar-refractivity contribution is 5.06. The van der Waals surface area contributed by atoms with Crippen LogP contribution in [0.5, 0.6) is 0 Å². The van der Waals surface area contributed by atoms with Crippen LogP contribution >= 0.6 is 0 Å². The van der Waals surface area contributed by atoms with Crippen molar-refractivity contribution in [3.63, 3.8) is 0 Å². The summed E-state index contributed by atoms with van der Waals surface area (Å²) < 4.78 is 0. The normalized spacial score (nSPS) is 49.5. The van der Waals surface area contributed by atoms with Gasteiger partial charge in [0, 0.05) is 6.04 Å². The SMILES string of the molecule is CNC(C1CCC(C)C(C)C1)C1C2CCCCC21. The average molecular weight is 249 g/mol. The Morgan fingerprint density at radius 3 is 2.11 bits per heavy atom. The molecule has 0 amide bonds. The second-order valence-corrected chi connectivity index (χ2v) is 7.53. The van der Waals surface area contributed by atoms with Gasteiger partial charge in [-0.15, -0.1) is 0 Å². The van der Waals surface area contributed by atoms with E-state index in [2.05, 4.69) is 26.2 Å². The molecule has 6 atom stereocenters. The van der Waals surface area contributed by atoms with E-state index in [9.17, 15) is 0 Å². The van der Waals surface area contributed by atoms with Gasteiger partial charge < -0.3 is 5.32 Å². The summed E-state index contributed by atoms with van der Waals surface area (Å²) in [4.78, 5) is 0. The fourth-order valence-electron chi connectivity index (χ4n) is 5.24. The van der Waals surface area contributed by atoms with Crippen molar-refractivity contribution < 1.29 is 0 Å². The largest absolute Gasteiger partial charge is 0.316 e. The summed E-state index contributed by atoms with van der Waals surface area (Å²) in [6.45, 7) is 4.93. The van der Waals surface area contributed by atoms with Gasteiger partial charge in [0.05, 0.1) is 0 Å². The highest BCUT2D eigenvalue weighted by Crippen LogP contribution is 2.59. The van der Waals surface area contributed by atoms with E-state index in [0.717, 1.165) is 41.5 Å². The van der Waals surface area contributed by atoms with E-state index >= 15 is 0 Å². The molecule has 0 heterocycles. The molecule has 3 aliphatic carbocycles. The van der Waals surface area contributed by atoms with Crippen LogP contribution in [0.15, 0.2) is 0 Å². The van der Waals surface area contributed by atoms with Crippen molar-refractivity contribution >= 4 is 0 Å². The maximum absolute atomic E-state index is 3.73. The van der Waals surface area contributed by atoms with Gasteiger partial charge in [0.25, 0.3) is 0 Å². The third kappa shape index (κ3) is 2.24. The fourth-order valence-corrected chi connectivity index (χ4v) is 5.24. The summed E-state index contributed by atoms with van der Waals surface area (Å²) in [7, 11) is 2.22.